The number of alkyl halides is 1. The van der Waals surface area contributed by atoms with Gasteiger partial charge in [0.1, 0.15) is 42.2 Å². The highest BCUT2D eigenvalue weighted by Gasteiger charge is 2.21. The summed E-state index contributed by atoms with van der Waals surface area (Å²) in [6.45, 7) is 1.53. The average molecular weight is 438 g/mol. The van der Waals surface area contributed by atoms with Crippen LogP contribution in [0.3, 0.4) is 0 Å². The van der Waals surface area contributed by atoms with Gasteiger partial charge in [-0.3, -0.25) is 0 Å². The summed E-state index contributed by atoms with van der Waals surface area (Å²) in [5.74, 6) is 1.55. The molecule has 0 saturated carbocycles. The van der Waals surface area contributed by atoms with E-state index in [-0.39, 0.29) is 11.1 Å². The molecule has 9 heteroatoms. The third-order valence-electron chi connectivity index (χ3n) is 4.39. The van der Waals surface area contributed by atoms with Gasteiger partial charge in [-0.2, -0.15) is 0 Å². The van der Waals surface area contributed by atoms with E-state index in [4.69, 9.17) is 37.4 Å². The second-order valence-electron chi connectivity index (χ2n) is 6.43. The summed E-state index contributed by atoms with van der Waals surface area (Å²) in [6, 6.07) is 7.95. The van der Waals surface area contributed by atoms with Crippen molar-refractivity contribution in [3.05, 3.63) is 47.5 Å². The molecule has 1 unspecified atom stereocenters. The molecule has 0 bridgehead atoms. The maximum Gasteiger partial charge on any atom is 0.145 e. The molecular weight excluding hydrogens is 420 g/mol. The summed E-state index contributed by atoms with van der Waals surface area (Å²) in [7, 11) is 0. The van der Waals surface area contributed by atoms with E-state index < -0.39 is 5.82 Å². The third kappa shape index (κ3) is 4.63. The fourth-order valence-electron chi connectivity index (χ4n) is 3.05. The molecule has 1 aliphatic heterocycles. The van der Waals surface area contributed by atoms with E-state index in [9.17, 15) is 4.39 Å². The number of halogens is 3. The number of hydrogen-bond donors (Lipinski definition) is 1. The molecule has 3 aromatic rings. The van der Waals surface area contributed by atoms with Crippen LogP contribution in [0.15, 0.2) is 36.7 Å². The Morgan fingerprint density at radius 2 is 2.14 bits per heavy atom. The van der Waals surface area contributed by atoms with Crippen molar-refractivity contribution in [2.45, 2.75) is 12.5 Å². The first kappa shape index (κ1) is 19.9. The lowest BCUT2D eigenvalue weighted by molar-refractivity contribution is 0.142. The van der Waals surface area contributed by atoms with Crippen molar-refractivity contribution in [3.8, 4) is 11.5 Å². The molecule has 1 atom stereocenters. The van der Waals surface area contributed by atoms with E-state index in [1.165, 1.54) is 18.5 Å². The van der Waals surface area contributed by atoms with E-state index in [1.807, 2.05) is 0 Å². The van der Waals surface area contributed by atoms with Crippen LogP contribution in [0.5, 0.6) is 11.5 Å². The van der Waals surface area contributed by atoms with Gasteiger partial charge < -0.3 is 19.5 Å². The summed E-state index contributed by atoms with van der Waals surface area (Å²) in [4.78, 5) is 8.71. The molecule has 1 fully saturated rings. The standard InChI is InChI=1S/C20H18Cl2FN3O3/c21-4-6-28-14-8-17-19(18(9-14)29-13-3-5-27-10-13)20(25-11-24-17)26-12-1-2-16(23)15(22)7-12/h1-2,7-9,11,13H,3-6,10H2,(H,24,25,26). The van der Waals surface area contributed by atoms with Crippen molar-refractivity contribution in [3.63, 3.8) is 0 Å². The van der Waals surface area contributed by atoms with E-state index in [0.29, 0.717) is 59.6 Å². The van der Waals surface area contributed by atoms with Gasteiger partial charge in [0.05, 0.1) is 35.0 Å². The quantitative estimate of drug-likeness (QED) is 0.527. The summed E-state index contributed by atoms with van der Waals surface area (Å²) >= 11 is 11.6. The molecule has 2 aromatic carbocycles. The van der Waals surface area contributed by atoms with Crippen molar-refractivity contribution in [2.24, 2.45) is 0 Å². The van der Waals surface area contributed by atoms with Gasteiger partial charge in [-0.15, -0.1) is 11.6 Å². The van der Waals surface area contributed by atoms with Crippen LogP contribution < -0.4 is 14.8 Å². The Morgan fingerprint density at radius 3 is 2.90 bits per heavy atom. The Balaban J connectivity index is 1.75. The minimum atomic E-state index is -0.490. The monoisotopic (exact) mass is 437 g/mol. The van der Waals surface area contributed by atoms with Crippen LogP contribution in [0, 0.1) is 5.82 Å². The third-order valence-corrected chi connectivity index (χ3v) is 4.83. The first-order chi connectivity index (χ1) is 14.1. The topological polar surface area (TPSA) is 65.5 Å². The molecule has 1 aliphatic rings. The first-order valence-electron chi connectivity index (χ1n) is 9.08. The maximum atomic E-state index is 13.5. The molecule has 152 valence electrons. The van der Waals surface area contributed by atoms with Gasteiger partial charge in [0.25, 0.3) is 0 Å². The number of fused-ring (bicyclic) bond motifs is 1. The molecule has 0 aliphatic carbocycles. The Morgan fingerprint density at radius 1 is 1.24 bits per heavy atom. The fraction of sp³-hybridized carbons (Fsp3) is 0.300. The van der Waals surface area contributed by atoms with Gasteiger partial charge >= 0.3 is 0 Å². The Kier molecular flexibility index (Phi) is 6.18. The summed E-state index contributed by atoms with van der Waals surface area (Å²) in [6.07, 6.45) is 2.15. The molecule has 1 aromatic heterocycles. The van der Waals surface area contributed by atoms with Gasteiger partial charge in [0, 0.05) is 24.2 Å². The highest BCUT2D eigenvalue weighted by molar-refractivity contribution is 6.31. The van der Waals surface area contributed by atoms with Crippen LogP contribution in [0.25, 0.3) is 10.9 Å². The minimum absolute atomic E-state index is 0.0182. The predicted molar refractivity (Wildman–Crippen MR) is 110 cm³/mol. The summed E-state index contributed by atoms with van der Waals surface area (Å²) < 4.78 is 30.8. The van der Waals surface area contributed by atoms with Crippen LogP contribution in [0.1, 0.15) is 6.42 Å². The van der Waals surface area contributed by atoms with Gasteiger partial charge in [-0.1, -0.05) is 11.6 Å². The second kappa shape index (κ2) is 8.98. The van der Waals surface area contributed by atoms with E-state index in [1.54, 1.807) is 18.2 Å². The van der Waals surface area contributed by atoms with E-state index in [2.05, 4.69) is 15.3 Å². The van der Waals surface area contributed by atoms with Gasteiger partial charge in [0.15, 0.2) is 0 Å². The van der Waals surface area contributed by atoms with Crippen molar-refractivity contribution in [2.75, 3.05) is 31.0 Å². The molecule has 0 radical (unpaired) electrons. The molecule has 6 nitrogen and oxygen atoms in total. The molecule has 29 heavy (non-hydrogen) atoms. The number of anilines is 2. The lowest BCUT2D eigenvalue weighted by Gasteiger charge is -2.17. The maximum absolute atomic E-state index is 13.5. The van der Waals surface area contributed by atoms with Crippen LogP contribution in [0.2, 0.25) is 5.02 Å². The zero-order valence-electron chi connectivity index (χ0n) is 15.3. The highest BCUT2D eigenvalue weighted by atomic mass is 35.5. The predicted octanol–water partition coefficient (Wildman–Crippen LogP) is 4.95. The largest absolute Gasteiger partial charge is 0.492 e. The SMILES string of the molecule is Fc1ccc(Nc2ncnc3cc(OCCCl)cc(OC4CCOC4)c23)cc1Cl. The number of nitrogens with one attached hydrogen (secondary N) is 1. The van der Waals surface area contributed by atoms with E-state index >= 15 is 0 Å². The van der Waals surface area contributed by atoms with Crippen molar-refractivity contribution >= 4 is 45.6 Å². The summed E-state index contributed by atoms with van der Waals surface area (Å²) in [5, 5.41) is 3.86. The average Bonchev–Trinajstić information content (AvgIpc) is 3.22. The lowest BCUT2D eigenvalue weighted by Crippen LogP contribution is -2.16. The zero-order chi connectivity index (χ0) is 20.2. The number of nitrogens with zero attached hydrogens (tertiary/aromatic N) is 2. The number of aromatic nitrogens is 2. The number of ether oxygens (including phenoxy) is 3. The number of rotatable bonds is 7. The van der Waals surface area contributed by atoms with Gasteiger partial charge in [0.2, 0.25) is 0 Å². The highest BCUT2D eigenvalue weighted by Crippen LogP contribution is 2.37. The molecule has 0 spiro atoms. The molecule has 4 rings (SSSR count). The molecule has 1 saturated heterocycles. The minimum Gasteiger partial charge on any atom is -0.492 e. The van der Waals surface area contributed by atoms with Crippen molar-refractivity contribution in [1.82, 2.24) is 9.97 Å². The molecular formula is C20H18Cl2FN3O3. The summed E-state index contributed by atoms with van der Waals surface area (Å²) in [5.41, 5.74) is 1.23. The van der Waals surface area contributed by atoms with Crippen LogP contribution >= 0.6 is 23.2 Å². The Hall–Kier alpha value is -2.35. The van der Waals surface area contributed by atoms with Crippen molar-refractivity contribution in [1.29, 1.82) is 0 Å². The molecule has 1 N–H and O–H groups in total. The first-order valence-corrected chi connectivity index (χ1v) is 9.99. The van der Waals surface area contributed by atoms with Crippen LogP contribution in [0.4, 0.5) is 15.9 Å². The lowest BCUT2D eigenvalue weighted by atomic mass is 10.2. The normalized spacial score (nSPS) is 16.2. The molecule has 0 amide bonds. The second-order valence-corrected chi connectivity index (χ2v) is 7.22. The number of benzene rings is 2. The van der Waals surface area contributed by atoms with Gasteiger partial charge in [-0.05, 0) is 18.2 Å². The Labute approximate surface area is 176 Å². The van der Waals surface area contributed by atoms with Crippen LogP contribution in [-0.4, -0.2) is 41.8 Å². The van der Waals surface area contributed by atoms with E-state index in [0.717, 1.165) is 6.42 Å². The molecule has 2 heterocycles. The zero-order valence-corrected chi connectivity index (χ0v) is 16.8. The smallest absolute Gasteiger partial charge is 0.145 e. The Bertz CT molecular complexity index is 1020. The van der Waals surface area contributed by atoms with Crippen molar-refractivity contribution < 1.29 is 18.6 Å². The van der Waals surface area contributed by atoms with Gasteiger partial charge in [-0.25, -0.2) is 14.4 Å². The van der Waals surface area contributed by atoms with Crippen LogP contribution in [-0.2, 0) is 4.74 Å². The number of hydrogen-bond acceptors (Lipinski definition) is 6. The fourth-order valence-corrected chi connectivity index (χ4v) is 3.31.